The van der Waals surface area contributed by atoms with Gasteiger partial charge in [0.15, 0.2) is 5.82 Å². The van der Waals surface area contributed by atoms with Crippen molar-refractivity contribution in [2.24, 2.45) is 0 Å². The number of benzene rings is 2. The Morgan fingerprint density at radius 3 is 2.60 bits per heavy atom. The molecule has 0 saturated carbocycles. The van der Waals surface area contributed by atoms with E-state index in [4.69, 9.17) is 0 Å². The fraction of sp³-hybridized carbons (Fsp3) is 0.355. The molecule has 0 unspecified atom stereocenters. The number of fused-ring (bicyclic) bond motifs is 1. The van der Waals surface area contributed by atoms with Crippen LogP contribution in [0, 0.1) is 28.4 Å². The average Bonchev–Trinajstić information content (AvgIpc) is 3.43. The molecule has 2 aromatic carbocycles. The number of nitro groups is 1. The maximum atomic E-state index is 14.0. The number of thiazole rings is 1. The standard InChI is InChI=1S/C31H31N7O3S/c1-21-9-8-10-23(17-21)37-30(39)27(19-22-12-13-25(26(18-22)38(40)41)35-14-5-3-6-15-35)42-31(37)24(20-32)29-34-33-28-11-4-2-7-16-36(28)29/h8-10,12-13,17-19H,2-7,11,14-16H2,1H3. The summed E-state index contributed by atoms with van der Waals surface area (Å²) in [5.41, 5.74) is 2.78. The van der Waals surface area contributed by atoms with Gasteiger partial charge in [-0.25, -0.2) is 0 Å². The predicted molar refractivity (Wildman–Crippen MR) is 162 cm³/mol. The maximum Gasteiger partial charge on any atom is 0.293 e. The average molecular weight is 582 g/mol. The van der Waals surface area contributed by atoms with Crippen molar-refractivity contribution in [1.82, 2.24) is 19.3 Å². The monoisotopic (exact) mass is 581 g/mol. The molecule has 0 spiro atoms. The Bertz CT molecular complexity index is 1890. The first-order chi connectivity index (χ1) is 20.4. The van der Waals surface area contributed by atoms with Crippen LogP contribution in [-0.4, -0.2) is 37.3 Å². The molecule has 0 radical (unpaired) electrons. The number of aromatic nitrogens is 4. The quantitative estimate of drug-likeness (QED) is 0.258. The van der Waals surface area contributed by atoms with E-state index >= 15 is 0 Å². The van der Waals surface area contributed by atoms with E-state index < -0.39 is 0 Å². The molecule has 0 atom stereocenters. The third-order valence-electron chi connectivity index (χ3n) is 7.93. The van der Waals surface area contributed by atoms with Crippen LogP contribution in [0.3, 0.4) is 0 Å². The van der Waals surface area contributed by atoms with E-state index in [1.54, 1.807) is 16.7 Å². The highest BCUT2D eigenvalue weighted by molar-refractivity contribution is 7.07. The topological polar surface area (TPSA) is 123 Å². The summed E-state index contributed by atoms with van der Waals surface area (Å²) in [4.78, 5) is 27.8. The third-order valence-corrected chi connectivity index (χ3v) is 9.03. The molecule has 10 nitrogen and oxygen atoms in total. The predicted octanol–water partition coefficient (Wildman–Crippen LogP) is 3.98. The number of hydrogen-bond donors (Lipinski definition) is 0. The van der Waals surface area contributed by atoms with Gasteiger partial charge in [-0.05, 0) is 74.4 Å². The van der Waals surface area contributed by atoms with Crippen LogP contribution < -0.4 is 19.7 Å². The molecule has 2 aliphatic heterocycles. The van der Waals surface area contributed by atoms with Crippen molar-refractivity contribution >= 4 is 34.4 Å². The Hall–Kier alpha value is -4.56. The molecule has 2 aromatic heterocycles. The largest absolute Gasteiger partial charge is 0.366 e. The number of nitrogens with zero attached hydrogens (tertiary/aromatic N) is 7. The molecule has 0 aliphatic carbocycles. The number of aryl methyl sites for hydroxylation is 2. The van der Waals surface area contributed by atoms with Crippen molar-refractivity contribution in [2.75, 3.05) is 18.0 Å². The Morgan fingerprint density at radius 1 is 1.05 bits per heavy atom. The van der Waals surface area contributed by atoms with Crippen molar-refractivity contribution in [2.45, 2.75) is 58.4 Å². The summed E-state index contributed by atoms with van der Waals surface area (Å²) in [5, 5.41) is 31.3. The normalized spacial score (nSPS) is 16.5. The molecular weight excluding hydrogens is 550 g/mol. The Balaban J connectivity index is 1.57. The minimum absolute atomic E-state index is 0.0249. The zero-order valence-electron chi connectivity index (χ0n) is 23.5. The minimum Gasteiger partial charge on any atom is -0.366 e. The van der Waals surface area contributed by atoms with Crippen molar-refractivity contribution in [3.63, 3.8) is 0 Å². The minimum atomic E-state index is -0.356. The second-order valence-electron chi connectivity index (χ2n) is 10.8. The van der Waals surface area contributed by atoms with Crippen LogP contribution in [0.25, 0.3) is 17.3 Å². The van der Waals surface area contributed by atoms with E-state index in [-0.39, 0.29) is 21.7 Å². The Morgan fingerprint density at radius 2 is 1.83 bits per heavy atom. The van der Waals surface area contributed by atoms with Gasteiger partial charge in [0, 0.05) is 32.1 Å². The van der Waals surface area contributed by atoms with E-state index in [0.717, 1.165) is 76.0 Å². The van der Waals surface area contributed by atoms with E-state index in [1.165, 1.54) is 17.4 Å². The van der Waals surface area contributed by atoms with Gasteiger partial charge in [0.1, 0.15) is 27.8 Å². The lowest BCUT2D eigenvalue weighted by atomic mass is 10.1. The lowest BCUT2D eigenvalue weighted by molar-refractivity contribution is -0.384. The highest BCUT2D eigenvalue weighted by Gasteiger charge is 2.23. The molecule has 0 bridgehead atoms. The van der Waals surface area contributed by atoms with Gasteiger partial charge in [0.05, 0.1) is 15.1 Å². The first kappa shape index (κ1) is 27.6. The van der Waals surface area contributed by atoms with Crippen LogP contribution in [0.5, 0.6) is 0 Å². The van der Waals surface area contributed by atoms with Gasteiger partial charge in [-0.2, -0.15) is 5.26 Å². The zero-order chi connectivity index (χ0) is 29.2. The van der Waals surface area contributed by atoms with E-state index in [1.807, 2.05) is 41.8 Å². The molecule has 0 amide bonds. The van der Waals surface area contributed by atoms with Crippen molar-refractivity contribution < 1.29 is 4.92 Å². The van der Waals surface area contributed by atoms with Crippen LogP contribution in [0.15, 0.2) is 47.3 Å². The summed E-state index contributed by atoms with van der Waals surface area (Å²) in [6.45, 7) is 4.25. The van der Waals surface area contributed by atoms with Gasteiger partial charge in [-0.1, -0.05) is 24.6 Å². The van der Waals surface area contributed by atoms with E-state index in [9.17, 15) is 20.2 Å². The SMILES string of the molecule is Cc1cccc(-n2c(=C(C#N)c3nnc4n3CCCCC4)sc(=Cc3ccc(N4CCCCC4)c([N+](=O)[O-])c3)c2=O)c1. The maximum absolute atomic E-state index is 14.0. The Kier molecular flexibility index (Phi) is 7.71. The molecule has 4 heterocycles. The van der Waals surface area contributed by atoms with Crippen LogP contribution in [0.2, 0.25) is 0 Å². The summed E-state index contributed by atoms with van der Waals surface area (Å²) in [5.74, 6) is 1.31. The molecule has 0 N–H and O–H groups in total. The van der Waals surface area contributed by atoms with Gasteiger partial charge in [0.2, 0.25) is 0 Å². The second kappa shape index (κ2) is 11.7. The number of piperidine rings is 1. The molecule has 2 aliphatic rings. The van der Waals surface area contributed by atoms with Crippen LogP contribution in [0.4, 0.5) is 11.4 Å². The van der Waals surface area contributed by atoms with E-state index in [0.29, 0.717) is 32.0 Å². The third kappa shape index (κ3) is 5.25. The summed E-state index contributed by atoms with van der Waals surface area (Å²) < 4.78 is 4.38. The van der Waals surface area contributed by atoms with Gasteiger partial charge in [-0.3, -0.25) is 19.5 Å². The fourth-order valence-corrected chi connectivity index (χ4v) is 6.95. The zero-order valence-corrected chi connectivity index (χ0v) is 24.3. The molecule has 1 saturated heterocycles. The number of hydrogen-bond acceptors (Lipinski definition) is 8. The molecule has 214 valence electrons. The smallest absolute Gasteiger partial charge is 0.293 e. The number of anilines is 1. The summed E-state index contributed by atoms with van der Waals surface area (Å²) in [7, 11) is 0. The second-order valence-corrected chi connectivity index (χ2v) is 11.9. The number of rotatable bonds is 5. The molecule has 42 heavy (non-hydrogen) atoms. The van der Waals surface area contributed by atoms with Gasteiger partial charge >= 0.3 is 0 Å². The summed E-state index contributed by atoms with van der Waals surface area (Å²) in [6.07, 6.45) is 8.69. The van der Waals surface area contributed by atoms with E-state index in [2.05, 4.69) is 21.2 Å². The highest BCUT2D eigenvalue weighted by atomic mass is 32.1. The molecule has 11 heteroatoms. The summed E-state index contributed by atoms with van der Waals surface area (Å²) in [6, 6.07) is 15.0. The molecule has 4 aromatic rings. The van der Waals surface area contributed by atoms with Crippen LogP contribution >= 0.6 is 11.3 Å². The van der Waals surface area contributed by atoms with Gasteiger partial charge in [-0.15, -0.1) is 21.5 Å². The van der Waals surface area contributed by atoms with Crippen LogP contribution in [-0.2, 0) is 13.0 Å². The first-order valence-corrected chi connectivity index (χ1v) is 15.2. The summed E-state index contributed by atoms with van der Waals surface area (Å²) >= 11 is 1.19. The van der Waals surface area contributed by atoms with Gasteiger partial charge in [0.25, 0.3) is 11.2 Å². The highest BCUT2D eigenvalue weighted by Crippen LogP contribution is 2.31. The van der Waals surface area contributed by atoms with Crippen molar-refractivity contribution in [3.8, 4) is 11.8 Å². The van der Waals surface area contributed by atoms with Gasteiger partial charge < -0.3 is 9.47 Å². The fourth-order valence-electron chi connectivity index (χ4n) is 5.84. The number of nitro benzene ring substituents is 1. The molecular formula is C31H31N7O3S. The van der Waals surface area contributed by atoms with Crippen molar-refractivity contribution in [1.29, 1.82) is 5.26 Å². The first-order valence-electron chi connectivity index (χ1n) is 14.4. The van der Waals surface area contributed by atoms with Crippen LogP contribution in [0.1, 0.15) is 61.3 Å². The lowest BCUT2D eigenvalue weighted by Crippen LogP contribution is -2.31. The molecule has 1 fully saturated rings. The number of nitriles is 1. The Labute approximate surface area is 246 Å². The van der Waals surface area contributed by atoms with Crippen molar-refractivity contribution in [3.05, 3.63) is 94.9 Å². The lowest BCUT2D eigenvalue weighted by Gasteiger charge is -2.28. The molecule has 6 rings (SSSR count).